The second kappa shape index (κ2) is 11.2. The van der Waals surface area contributed by atoms with E-state index in [0.29, 0.717) is 28.1 Å². The van der Waals surface area contributed by atoms with Crippen LogP contribution in [0.3, 0.4) is 0 Å². The Balaban J connectivity index is 1.63. The quantitative estimate of drug-likeness (QED) is 0.317. The van der Waals surface area contributed by atoms with Crippen molar-refractivity contribution in [3.63, 3.8) is 0 Å². The molecule has 1 aromatic heterocycles. The molecule has 3 aromatic rings. The van der Waals surface area contributed by atoms with Crippen LogP contribution in [0.1, 0.15) is 38.2 Å². The number of rotatable bonds is 8. The summed E-state index contributed by atoms with van der Waals surface area (Å²) in [7, 11) is -1.93. The molecule has 2 aromatic carbocycles. The zero-order chi connectivity index (χ0) is 25.9. The third-order valence-corrected chi connectivity index (χ3v) is 8.97. The Morgan fingerprint density at radius 1 is 1.06 bits per heavy atom. The van der Waals surface area contributed by atoms with Gasteiger partial charge in [-0.2, -0.15) is 4.98 Å². The van der Waals surface area contributed by atoms with Crippen LogP contribution in [0.2, 0.25) is 10.0 Å². The van der Waals surface area contributed by atoms with Gasteiger partial charge in [-0.15, -0.1) is 0 Å². The topological polar surface area (TPSA) is 105 Å². The molecule has 0 radical (unpaired) electrons. The summed E-state index contributed by atoms with van der Waals surface area (Å²) in [6.45, 7) is 5.19. The highest BCUT2D eigenvalue weighted by Gasteiger charge is 2.24. The summed E-state index contributed by atoms with van der Waals surface area (Å²) in [6.07, 6.45) is 3.47. The number of piperidine rings is 1. The van der Waals surface area contributed by atoms with E-state index in [2.05, 4.69) is 25.9 Å². The molecule has 0 aliphatic carbocycles. The smallest absolute Gasteiger partial charge is 0.229 e. The van der Waals surface area contributed by atoms with Crippen molar-refractivity contribution < 1.29 is 13.2 Å². The largest absolute Gasteiger partial charge is 0.495 e. The van der Waals surface area contributed by atoms with Crippen molar-refractivity contribution >= 4 is 56.2 Å². The van der Waals surface area contributed by atoms with Crippen molar-refractivity contribution in [2.75, 3.05) is 30.8 Å². The molecule has 1 fully saturated rings. The number of aromatic nitrogens is 2. The summed E-state index contributed by atoms with van der Waals surface area (Å²) in [5.74, 6) is 1.49. The minimum absolute atomic E-state index is 0.172. The fraction of sp³-hybridized carbons (Fsp3) is 0.360. The molecule has 1 aliphatic rings. The highest BCUT2D eigenvalue weighted by molar-refractivity contribution is 7.92. The lowest BCUT2D eigenvalue weighted by molar-refractivity contribution is 0.413. The molecule has 0 atom stereocenters. The van der Waals surface area contributed by atoms with Crippen LogP contribution in [0.15, 0.2) is 47.5 Å². The van der Waals surface area contributed by atoms with Crippen molar-refractivity contribution in [1.82, 2.24) is 15.3 Å². The van der Waals surface area contributed by atoms with E-state index >= 15 is 0 Å². The van der Waals surface area contributed by atoms with E-state index < -0.39 is 15.1 Å². The maximum absolute atomic E-state index is 12.8. The standard InChI is InChI=1S/C25H29Cl2N5O3S/c1-15(2)36(33,34)23-7-5-4-6-20(23)30-24-19(27)14-29-25(32-24)31-21-13-18(26)17(12-22(21)35-3)16-8-10-28-11-9-16/h4-7,12-16,28H,8-11H2,1-3H3,(H2,29,30,31,32). The molecular formula is C25H29Cl2N5O3S. The zero-order valence-electron chi connectivity index (χ0n) is 20.3. The summed E-state index contributed by atoms with van der Waals surface area (Å²) in [5.41, 5.74) is 2.05. The lowest BCUT2D eigenvalue weighted by Crippen LogP contribution is -2.26. The molecule has 0 spiro atoms. The number of nitrogens with zero attached hydrogens (tertiary/aromatic N) is 2. The van der Waals surface area contributed by atoms with Crippen LogP contribution in [-0.2, 0) is 9.84 Å². The molecule has 2 heterocycles. The van der Waals surface area contributed by atoms with Crippen LogP contribution in [0.4, 0.5) is 23.1 Å². The van der Waals surface area contributed by atoms with Crippen LogP contribution in [0, 0.1) is 0 Å². The van der Waals surface area contributed by atoms with Crippen molar-refractivity contribution in [1.29, 1.82) is 0 Å². The third-order valence-electron chi connectivity index (χ3n) is 6.16. The van der Waals surface area contributed by atoms with Crippen LogP contribution >= 0.6 is 23.2 Å². The number of methoxy groups -OCH3 is 1. The van der Waals surface area contributed by atoms with E-state index in [-0.39, 0.29) is 21.7 Å². The van der Waals surface area contributed by atoms with E-state index in [9.17, 15) is 8.42 Å². The number of para-hydroxylation sites is 1. The van der Waals surface area contributed by atoms with Gasteiger partial charge in [0.15, 0.2) is 15.7 Å². The summed E-state index contributed by atoms with van der Waals surface area (Å²) in [4.78, 5) is 8.93. The van der Waals surface area contributed by atoms with Gasteiger partial charge in [0.25, 0.3) is 0 Å². The Morgan fingerprint density at radius 2 is 1.78 bits per heavy atom. The molecule has 1 aliphatic heterocycles. The molecule has 1 saturated heterocycles. The average molecular weight is 551 g/mol. The SMILES string of the molecule is COc1cc(C2CCNCC2)c(Cl)cc1Nc1ncc(Cl)c(Nc2ccccc2S(=O)(=O)C(C)C)n1. The molecular weight excluding hydrogens is 521 g/mol. The van der Waals surface area contributed by atoms with Gasteiger partial charge >= 0.3 is 0 Å². The number of hydrogen-bond acceptors (Lipinski definition) is 8. The monoisotopic (exact) mass is 549 g/mol. The van der Waals surface area contributed by atoms with E-state index in [1.54, 1.807) is 45.2 Å². The number of anilines is 4. The highest BCUT2D eigenvalue weighted by Crippen LogP contribution is 2.39. The van der Waals surface area contributed by atoms with Gasteiger partial charge in [0.05, 0.1) is 34.8 Å². The van der Waals surface area contributed by atoms with Crippen LogP contribution in [-0.4, -0.2) is 43.8 Å². The number of hydrogen-bond donors (Lipinski definition) is 3. The fourth-order valence-electron chi connectivity index (χ4n) is 4.12. The van der Waals surface area contributed by atoms with Gasteiger partial charge in [-0.3, -0.25) is 0 Å². The Labute approximate surface area is 221 Å². The zero-order valence-corrected chi connectivity index (χ0v) is 22.6. The Morgan fingerprint density at radius 3 is 2.47 bits per heavy atom. The van der Waals surface area contributed by atoms with Gasteiger partial charge in [-0.05, 0) is 75.5 Å². The molecule has 3 N–H and O–H groups in total. The lowest BCUT2D eigenvalue weighted by atomic mass is 9.90. The first-order chi connectivity index (χ1) is 17.2. The normalized spacial score (nSPS) is 14.6. The first-order valence-corrected chi connectivity index (χ1v) is 14.0. The van der Waals surface area contributed by atoms with Crippen LogP contribution in [0.5, 0.6) is 5.75 Å². The highest BCUT2D eigenvalue weighted by atomic mass is 35.5. The summed E-state index contributed by atoms with van der Waals surface area (Å²) in [6, 6.07) is 10.4. The van der Waals surface area contributed by atoms with E-state index in [1.165, 1.54) is 6.20 Å². The van der Waals surface area contributed by atoms with E-state index in [4.69, 9.17) is 27.9 Å². The van der Waals surface area contributed by atoms with Crippen LogP contribution in [0.25, 0.3) is 0 Å². The second-order valence-corrected chi connectivity index (χ2v) is 12.1. The molecule has 11 heteroatoms. The summed E-state index contributed by atoms with van der Waals surface area (Å²) < 4.78 is 31.3. The van der Waals surface area contributed by atoms with Gasteiger partial charge in [0.2, 0.25) is 5.95 Å². The number of benzene rings is 2. The Bertz CT molecular complexity index is 1350. The van der Waals surface area contributed by atoms with Gasteiger partial charge in [0, 0.05) is 5.02 Å². The predicted octanol–water partition coefficient (Wildman–Crippen LogP) is 5.93. The molecule has 4 rings (SSSR count). The fourth-order valence-corrected chi connectivity index (χ4v) is 5.77. The number of ether oxygens (including phenoxy) is 1. The maximum Gasteiger partial charge on any atom is 0.229 e. The van der Waals surface area contributed by atoms with Crippen molar-refractivity contribution in [2.45, 2.75) is 42.8 Å². The van der Waals surface area contributed by atoms with Gasteiger partial charge in [0.1, 0.15) is 10.8 Å². The molecule has 192 valence electrons. The Kier molecular flexibility index (Phi) is 8.24. The molecule has 0 unspecified atom stereocenters. The molecule has 0 saturated carbocycles. The number of nitrogens with one attached hydrogen (secondary N) is 3. The first kappa shape index (κ1) is 26.5. The van der Waals surface area contributed by atoms with Crippen LogP contribution < -0.4 is 20.7 Å². The third kappa shape index (κ3) is 5.70. The summed E-state index contributed by atoms with van der Waals surface area (Å²) >= 11 is 13.0. The molecule has 8 nitrogen and oxygen atoms in total. The minimum Gasteiger partial charge on any atom is -0.495 e. The minimum atomic E-state index is -3.53. The summed E-state index contributed by atoms with van der Waals surface area (Å²) in [5, 5.41) is 9.88. The first-order valence-electron chi connectivity index (χ1n) is 11.7. The van der Waals surface area contributed by atoms with Crippen molar-refractivity contribution in [3.05, 3.63) is 58.2 Å². The van der Waals surface area contributed by atoms with Gasteiger partial charge in [-0.1, -0.05) is 35.3 Å². The van der Waals surface area contributed by atoms with Crippen molar-refractivity contribution in [2.24, 2.45) is 0 Å². The van der Waals surface area contributed by atoms with E-state index in [0.717, 1.165) is 31.5 Å². The van der Waals surface area contributed by atoms with Gasteiger partial charge < -0.3 is 20.7 Å². The predicted molar refractivity (Wildman–Crippen MR) is 145 cm³/mol. The number of halogens is 2. The van der Waals surface area contributed by atoms with E-state index in [1.807, 2.05) is 12.1 Å². The van der Waals surface area contributed by atoms with Crippen molar-refractivity contribution in [3.8, 4) is 5.75 Å². The molecule has 0 bridgehead atoms. The molecule has 0 amide bonds. The lowest BCUT2D eigenvalue weighted by Gasteiger charge is -2.25. The second-order valence-electron chi connectivity index (χ2n) is 8.83. The molecule has 36 heavy (non-hydrogen) atoms. The average Bonchev–Trinajstić information content (AvgIpc) is 2.87. The Hall–Kier alpha value is -2.59. The maximum atomic E-state index is 12.8. The number of sulfone groups is 1. The van der Waals surface area contributed by atoms with Gasteiger partial charge in [-0.25, -0.2) is 13.4 Å².